The van der Waals surface area contributed by atoms with Crippen LogP contribution >= 0.6 is 23.5 Å². The molecular weight excluding hydrogens is 376 g/mol. The quantitative estimate of drug-likeness (QED) is 0.673. The Labute approximate surface area is 168 Å². The Morgan fingerprint density at radius 2 is 1.96 bits per heavy atom. The van der Waals surface area contributed by atoms with Gasteiger partial charge in [0.15, 0.2) is 5.78 Å². The number of Topliss-reactive ketones (excluding diaryl/α,β-unsaturated/α-hetero) is 1. The van der Waals surface area contributed by atoms with Crippen molar-refractivity contribution in [2.45, 2.75) is 23.5 Å². The molecule has 2 aliphatic heterocycles. The van der Waals surface area contributed by atoms with E-state index in [9.17, 15) is 4.79 Å². The third-order valence-corrected chi connectivity index (χ3v) is 7.61. The van der Waals surface area contributed by atoms with Crippen molar-refractivity contribution in [1.82, 2.24) is 0 Å². The summed E-state index contributed by atoms with van der Waals surface area (Å²) in [6, 6.07) is 15.8. The zero-order valence-corrected chi connectivity index (χ0v) is 16.9. The highest BCUT2D eigenvalue weighted by Crippen LogP contribution is 2.37. The fourth-order valence-electron chi connectivity index (χ4n) is 3.37. The Morgan fingerprint density at radius 1 is 1.15 bits per heavy atom. The molecule has 2 heterocycles. The third-order valence-electron chi connectivity index (χ3n) is 4.71. The predicted octanol–water partition coefficient (Wildman–Crippen LogP) is 4.85. The summed E-state index contributed by atoms with van der Waals surface area (Å²) in [6.07, 6.45) is 3.85. The minimum Gasteiger partial charge on any atom is -0.497 e. The van der Waals surface area contributed by atoms with E-state index in [1.165, 1.54) is 12.0 Å². The van der Waals surface area contributed by atoms with Crippen molar-refractivity contribution in [3.05, 3.63) is 65.7 Å². The molecular formula is C22H22O3S2. The minimum absolute atomic E-state index is 0.0417. The van der Waals surface area contributed by atoms with Crippen LogP contribution < -0.4 is 9.47 Å². The number of para-hydroxylation sites is 1. The van der Waals surface area contributed by atoms with Gasteiger partial charge in [0.25, 0.3) is 0 Å². The van der Waals surface area contributed by atoms with Gasteiger partial charge in [0, 0.05) is 12.0 Å². The van der Waals surface area contributed by atoms with E-state index in [4.69, 9.17) is 9.47 Å². The van der Waals surface area contributed by atoms with Crippen LogP contribution in [0, 0.1) is 0 Å². The molecule has 0 aromatic heterocycles. The monoisotopic (exact) mass is 398 g/mol. The molecule has 1 atom stereocenters. The van der Waals surface area contributed by atoms with Gasteiger partial charge in [-0.15, -0.1) is 23.5 Å². The number of ether oxygens (including phenoxy) is 2. The van der Waals surface area contributed by atoms with Gasteiger partial charge in [-0.1, -0.05) is 30.3 Å². The second-order valence-electron chi connectivity index (χ2n) is 6.57. The van der Waals surface area contributed by atoms with E-state index in [-0.39, 0.29) is 16.5 Å². The van der Waals surface area contributed by atoms with E-state index in [0.29, 0.717) is 0 Å². The summed E-state index contributed by atoms with van der Waals surface area (Å²) in [6.45, 7) is 0. The lowest BCUT2D eigenvalue weighted by atomic mass is 9.99. The van der Waals surface area contributed by atoms with E-state index < -0.39 is 0 Å². The third kappa shape index (κ3) is 4.19. The molecule has 2 aromatic carbocycles. The van der Waals surface area contributed by atoms with Crippen LogP contribution in [-0.2, 0) is 11.2 Å². The lowest BCUT2D eigenvalue weighted by Crippen LogP contribution is -2.21. The lowest BCUT2D eigenvalue weighted by molar-refractivity contribution is -0.112. The number of hydrogen-bond acceptors (Lipinski definition) is 5. The highest BCUT2D eigenvalue weighted by Gasteiger charge is 2.29. The van der Waals surface area contributed by atoms with Crippen molar-refractivity contribution in [2.75, 3.05) is 18.6 Å². The smallest absolute Gasteiger partial charge is 0.186 e. The Kier molecular flexibility index (Phi) is 5.79. The van der Waals surface area contributed by atoms with Gasteiger partial charge >= 0.3 is 0 Å². The molecule has 0 radical (unpaired) electrons. The fourth-order valence-corrected chi connectivity index (χ4v) is 6.12. The average molecular weight is 399 g/mol. The maximum absolute atomic E-state index is 13.4. The van der Waals surface area contributed by atoms with Crippen LogP contribution in [0.15, 0.2) is 54.6 Å². The Balaban J connectivity index is 1.66. The number of hydrogen-bond donors (Lipinski definition) is 0. The fraction of sp³-hybridized carbons (Fsp3) is 0.318. The molecule has 140 valence electrons. The predicted molar refractivity (Wildman–Crippen MR) is 114 cm³/mol. The highest BCUT2D eigenvalue weighted by molar-refractivity contribution is 8.18. The van der Waals surface area contributed by atoms with Crippen LogP contribution in [0.25, 0.3) is 5.57 Å². The minimum atomic E-state index is -0.119. The molecule has 0 saturated carbocycles. The molecule has 1 fully saturated rings. The van der Waals surface area contributed by atoms with Crippen LogP contribution in [0.3, 0.4) is 0 Å². The number of ketones is 1. The van der Waals surface area contributed by atoms with E-state index in [1.54, 1.807) is 30.6 Å². The van der Waals surface area contributed by atoms with Crippen molar-refractivity contribution < 1.29 is 14.3 Å². The number of carbonyl (C=O) groups excluding carboxylic acids is 1. The van der Waals surface area contributed by atoms with Crippen LogP contribution in [0.4, 0.5) is 0 Å². The molecule has 0 aliphatic carbocycles. The van der Waals surface area contributed by atoms with Crippen LogP contribution in [0.2, 0.25) is 0 Å². The first kappa shape index (κ1) is 18.5. The van der Waals surface area contributed by atoms with Gasteiger partial charge in [-0.3, -0.25) is 4.79 Å². The summed E-state index contributed by atoms with van der Waals surface area (Å²) in [4.78, 5) is 13.4. The topological polar surface area (TPSA) is 35.5 Å². The van der Waals surface area contributed by atoms with Crippen LogP contribution in [0.5, 0.6) is 11.5 Å². The number of fused-ring (bicyclic) bond motifs is 1. The van der Waals surface area contributed by atoms with Crippen LogP contribution in [0.1, 0.15) is 17.5 Å². The summed E-state index contributed by atoms with van der Waals surface area (Å²) >= 11 is 3.50. The highest BCUT2D eigenvalue weighted by atomic mass is 32.2. The number of thioether (sulfide) groups is 2. The maximum Gasteiger partial charge on any atom is 0.186 e. The molecule has 0 N–H and O–H groups in total. The SMILES string of the molecule is COc1cccc(/C(=C\C2Cc3ccccc3O2)C(=O)C2SCCCS2)c1. The molecule has 0 bridgehead atoms. The summed E-state index contributed by atoms with van der Waals surface area (Å²) < 4.78 is 11.4. The van der Waals surface area contributed by atoms with Gasteiger partial charge < -0.3 is 9.47 Å². The van der Waals surface area contributed by atoms with Gasteiger partial charge in [0.1, 0.15) is 22.2 Å². The zero-order chi connectivity index (χ0) is 18.6. The summed E-state index contributed by atoms with van der Waals surface area (Å²) in [5.74, 6) is 3.93. The van der Waals surface area contributed by atoms with E-state index >= 15 is 0 Å². The second kappa shape index (κ2) is 8.44. The Hall–Kier alpha value is -1.85. The van der Waals surface area contributed by atoms with Gasteiger partial charge in [0.2, 0.25) is 0 Å². The zero-order valence-electron chi connectivity index (χ0n) is 15.2. The van der Waals surface area contributed by atoms with Gasteiger partial charge in [-0.05, 0) is 53.3 Å². The van der Waals surface area contributed by atoms with Crippen molar-refractivity contribution in [2.24, 2.45) is 0 Å². The Morgan fingerprint density at radius 3 is 2.74 bits per heavy atom. The van der Waals surface area contributed by atoms with Crippen molar-refractivity contribution in [1.29, 1.82) is 0 Å². The molecule has 1 unspecified atom stereocenters. The largest absolute Gasteiger partial charge is 0.497 e. The number of rotatable bonds is 5. The van der Waals surface area contributed by atoms with Crippen molar-refractivity contribution in [3.63, 3.8) is 0 Å². The molecule has 0 amide bonds. The summed E-state index contributed by atoms with van der Waals surface area (Å²) in [5.41, 5.74) is 2.82. The number of carbonyl (C=O) groups is 1. The van der Waals surface area contributed by atoms with E-state index in [2.05, 4.69) is 6.07 Å². The van der Waals surface area contributed by atoms with Crippen LogP contribution in [-0.4, -0.2) is 35.1 Å². The second-order valence-corrected chi connectivity index (χ2v) is 9.30. The lowest BCUT2D eigenvalue weighted by Gasteiger charge is -2.22. The standard InChI is InChI=1S/C22H22O3S2/c1-24-17-8-4-7-15(12-17)19(21(23)22-26-10-5-11-27-22)14-18-13-16-6-2-3-9-20(16)25-18/h2-4,6-9,12,14,18,22H,5,10-11,13H2,1H3/b19-14+. The van der Waals surface area contributed by atoms with Gasteiger partial charge in [0.05, 0.1) is 7.11 Å². The first-order valence-corrected chi connectivity index (χ1v) is 11.2. The average Bonchev–Trinajstić information content (AvgIpc) is 3.15. The summed E-state index contributed by atoms with van der Waals surface area (Å²) in [7, 11) is 1.65. The molecule has 27 heavy (non-hydrogen) atoms. The Bertz CT molecular complexity index is 831. The molecule has 3 nitrogen and oxygen atoms in total. The molecule has 2 aliphatic rings. The number of methoxy groups -OCH3 is 1. The van der Waals surface area contributed by atoms with Gasteiger partial charge in [-0.2, -0.15) is 0 Å². The summed E-state index contributed by atoms with van der Waals surface area (Å²) in [5, 5.41) is 0. The first-order valence-electron chi connectivity index (χ1n) is 9.13. The molecule has 5 heteroatoms. The maximum atomic E-state index is 13.4. The number of allylic oxidation sites excluding steroid dienone is 1. The normalized spacial score (nSPS) is 20.0. The van der Waals surface area contributed by atoms with Crippen molar-refractivity contribution >= 4 is 34.9 Å². The van der Waals surface area contributed by atoms with Crippen molar-refractivity contribution in [3.8, 4) is 11.5 Å². The molecule has 0 spiro atoms. The first-order chi connectivity index (χ1) is 13.2. The molecule has 1 saturated heterocycles. The molecule has 2 aromatic rings. The van der Waals surface area contributed by atoms with E-state index in [0.717, 1.165) is 40.6 Å². The van der Waals surface area contributed by atoms with E-state index in [1.807, 2.05) is 48.5 Å². The number of benzene rings is 2. The molecule has 4 rings (SSSR count). The van der Waals surface area contributed by atoms with Gasteiger partial charge in [-0.25, -0.2) is 0 Å².